The highest BCUT2D eigenvalue weighted by molar-refractivity contribution is 5.82. The largest absolute Gasteiger partial charge is 0.342 e. The molecule has 0 atom stereocenters. The molecule has 2 aromatic heterocycles. The van der Waals surface area contributed by atoms with Gasteiger partial charge < -0.3 is 10.3 Å². The van der Waals surface area contributed by atoms with Crippen LogP contribution in [0.1, 0.15) is 22.5 Å². The van der Waals surface area contributed by atoms with E-state index in [-0.39, 0.29) is 0 Å². The van der Waals surface area contributed by atoms with Gasteiger partial charge in [0, 0.05) is 23.9 Å². The zero-order valence-corrected chi connectivity index (χ0v) is 16.9. The first-order valence-corrected chi connectivity index (χ1v) is 10.2. The summed E-state index contributed by atoms with van der Waals surface area (Å²) in [7, 11) is 0. The Morgan fingerprint density at radius 2 is 1.68 bits per heavy atom. The molecule has 0 saturated heterocycles. The van der Waals surface area contributed by atoms with Crippen LogP contribution in [0.4, 0.5) is 11.5 Å². The van der Waals surface area contributed by atoms with Crippen LogP contribution in [0.25, 0.3) is 23.2 Å². The van der Waals surface area contributed by atoms with Crippen molar-refractivity contribution in [3.05, 3.63) is 114 Å². The highest BCUT2D eigenvalue weighted by Crippen LogP contribution is 2.23. The van der Waals surface area contributed by atoms with Gasteiger partial charge in [0.05, 0.1) is 11.0 Å². The molecule has 0 bridgehead atoms. The summed E-state index contributed by atoms with van der Waals surface area (Å²) < 4.78 is 0. The molecule has 0 unspecified atom stereocenters. The second-order valence-electron chi connectivity index (χ2n) is 7.27. The van der Waals surface area contributed by atoms with Crippen molar-refractivity contribution in [1.29, 1.82) is 0 Å². The lowest BCUT2D eigenvalue weighted by atomic mass is 10.1. The van der Waals surface area contributed by atoms with E-state index in [0.717, 1.165) is 45.9 Å². The fourth-order valence-electron chi connectivity index (χ4n) is 3.46. The zero-order chi connectivity index (χ0) is 20.9. The minimum Gasteiger partial charge on any atom is -0.342 e. The highest BCUT2D eigenvalue weighted by atomic mass is 15.0. The van der Waals surface area contributed by atoms with Crippen molar-refractivity contribution < 1.29 is 0 Å². The number of rotatable bonds is 6. The average molecular weight is 403 g/mol. The van der Waals surface area contributed by atoms with Gasteiger partial charge in [-0.2, -0.15) is 0 Å². The fourth-order valence-corrected chi connectivity index (χ4v) is 3.46. The number of aromatic amines is 1. The third kappa shape index (κ3) is 4.51. The van der Waals surface area contributed by atoms with Gasteiger partial charge in [-0.25, -0.2) is 15.0 Å². The molecule has 0 aliphatic heterocycles. The van der Waals surface area contributed by atoms with Crippen molar-refractivity contribution in [2.75, 3.05) is 5.32 Å². The first-order valence-electron chi connectivity index (χ1n) is 10.2. The quantitative estimate of drug-likeness (QED) is 0.373. The summed E-state index contributed by atoms with van der Waals surface area (Å²) >= 11 is 0. The maximum Gasteiger partial charge on any atom is 0.141 e. The van der Waals surface area contributed by atoms with Crippen LogP contribution in [-0.4, -0.2) is 19.9 Å². The molecule has 0 amide bonds. The number of benzene rings is 3. The van der Waals surface area contributed by atoms with Gasteiger partial charge in [-0.3, -0.25) is 0 Å². The topological polar surface area (TPSA) is 66.5 Å². The monoisotopic (exact) mass is 403 g/mol. The number of fused-ring (bicyclic) bond motifs is 1. The maximum absolute atomic E-state index is 4.77. The summed E-state index contributed by atoms with van der Waals surface area (Å²) in [5, 5.41) is 3.40. The minimum atomic E-state index is 0.751. The molecule has 5 nitrogen and oxygen atoms in total. The zero-order valence-electron chi connectivity index (χ0n) is 16.9. The van der Waals surface area contributed by atoms with Gasteiger partial charge in [-0.15, -0.1) is 0 Å². The Hall–Kier alpha value is -4.25. The lowest BCUT2D eigenvalue weighted by Crippen LogP contribution is -1.97. The molecule has 150 valence electrons. The van der Waals surface area contributed by atoms with Gasteiger partial charge in [0.1, 0.15) is 18.0 Å². The first kappa shape index (κ1) is 18.8. The van der Waals surface area contributed by atoms with E-state index in [9.17, 15) is 0 Å². The molecule has 0 spiro atoms. The molecule has 0 aliphatic carbocycles. The predicted molar refractivity (Wildman–Crippen MR) is 126 cm³/mol. The van der Waals surface area contributed by atoms with E-state index in [1.54, 1.807) is 12.5 Å². The molecule has 31 heavy (non-hydrogen) atoms. The predicted octanol–water partition coefficient (Wildman–Crippen LogP) is 5.86. The number of H-pyrrole nitrogens is 1. The van der Waals surface area contributed by atoms with Crippen LogP contribution in [0.2, 0.25) is 0 Å². The summed E-state index contributed by atoms with van der Waals surface area (Å²) in [6, 6.07) is 26.6. The summed E-state index contributed by atoms with van der Waals surface area (Å²) in [5.74, 6) is 1.70. The molecule has 5 aromatic rings. The molecule has 5 heteroatoms. The summed E-state index contributed by atoms with van der Waals surface area (Å²) in [4.78, 5) is 16.8. The number of nitrogens with zero attached hydrogens (tertiary/aromatic N) is 3. The Labute approximate surface area is 180 Å². The molecule has 0 aliphatic rings. The van der Waals surface area contributed by atoms with E-state index in [4.69, 9.17) is 4.98 Å². The smallest absolute Gasteiger partial charge is 0.141 e. The Morgan fingerprint density at radius 1 is 0.871 bits per heavy atom. The maximum atomic E-state index is 4.77. The molecule has 0 radical (unpaired) electrons. The Balaban J connectivity index is 1.38. The van der Waals surface area contributed by atoms with Crippen LogP contribution in [0.5, 0.6) is 0 Å². The number of hydrogen-bond acceptors (Lipinski definition) is 4. The van der Waals surface area contributed by atoms with Crippen molar-refractivity contribution in [3.63, 3.8) is 0 Å². The molecular weight excluding hydrogens is 382 g/mol. The van der Waals surface area contributed by atoms with Crippen LogP contribution < -0.4 is 5.32 Å². The average Bonchev–Trinajstić information content (AvgIpc) is 3.21. The van der Waals surface area contributed by atoms with Crippen molar-refractivity contribution in [3.8, 4) is 0 Å². The Kier molecular flexibility index (Phi) is 5.22. The lowest BCUT2D eigenvalue weighted by Gasteiger charge is -2.08. The first-order chi connectivity index (χ1) is 15.3. The van der Waals surface area contributed by atoms with Gasteiger partial charge in [0.15, 0.2) is 0 Å². The van der Waals surface area contributed by atoms with E-state index in [2.05, 4.69) is 50.6 Å². The van der Waals surface area contributed by atoms with Crippen LogP contribution in [0.15, 0.2) is 91.4 Å². The van der Waals surface area contributed by atoms with Gasteiger partial charge in [0.2, 0.25) is 0 Å². The van der Waals surface area contributed by atoms with Gasteiger partial charge in [0.25, 0.3) is 0 Å². The van der Waals surface area contributed by atoms with Crippen molar-refractivity contribution in [2.24, 2.45) is 0 Å². The molecule has 0 fully saturated rings. The molecular formula is C26H21N5. The van der Waals surface area contributed by atoms with Crippen LogP contribution >= 0.6 is 0 Å². The second kappa shape index (κ2) is 8.63. The Bertz CT molecular complexity index is 1320. The molecule has 0 saturated carbocycles. The summed E-state index contributed by atoms with van der Waals surface area (Å²) in [5.41, 5.74) is 6.14. The lowest BCUT2D eigenvalue weighted by molar-refractivity contribution is 1.04. The Morgan fingerprint density at radius 3 is 2.52 bits per heavy atom. The third-order valence-corrected chi connectivity index (χ3v) is 5.00. The van der Waals surface area contributed by atoms with Gasteiger partial charge in [-0.05, 0) is 35.4 Å². The number of anilines is 2. The fraction of sp³-hybridized carbons (Fsp3) is 0.0385. The van der Waals surface area contributed by atoms with Crippen molar-refractivity contribution in [1.82, 2.24) is 19.9 Å². The minimum absolute atomic E-state index is 0.751. The molecule has 3 aromatic carbocycles. The normalized spacial score (nSPS) is 11.2. The number of hydrogen-bond donors (Lipinski definition) is 2. The van der Waals surface area contributed by atoms with E-state index in [1.807, 2.05) is 60.7 Å². The molecule has 2 heterocycles. The van der Waals surface area contributed by atoms with Crippen LogP contribution in [0.3, 0.4) is 0 Å². The van der Waals surface area contributed by atoms with Crippen molar-refractivity contribution >= 4 is 34.7 Å². The van der Waals surface area contributed by atoms with Gasteiger partial charge in [-0.1, -0.05) is 66.7 Å². The van der Waals surface area contributed by atoms with E-state index in [0.29, 0.717) is 0 Å². The van der Waals surface area contributed by atoms with Crippen LogP contribution in [-0.2, 0) is 6.42 Å². The molecule has 5 rings (SSSR count). The van der Waals surface area contributed by atoms with E-state index in [1.165, 1.54) is 5.56 Å². The summed E-state index contributed by atoms with van der Waals surface area (Å²) in [6.45, 7) is 0. The second-order valence-corrected chi connectivity index (χ2v) is 7.27. The van der Waals surface area contributed by atoms with E-state index < -0.39 is 0 Å². The van der Waals surface area contributed by atoms with Crippen LogP contribution in [0, 0.1) is 0 Å². The van der Waals surface area contributed by atoms with Gasteiger partial charge >= 0.3 is 0 Å². The molecule has 2 N–H and O–H groups in total. The van der Waals surface area contributed by atoms with Crippen molar-refractivity contribution in [2.45, 2.75) is 6.42 Å². The standard InChI is InChI=1S/C26H21N5/c1-3-7-19(8-4-1)11-12-21-17-27-18-28-26(21)29-22-13-14-23-24(16-22)31-25(30-23)15-20-9-5-2-6-10-20/h1-14,16-18H,15H2,(H,30,31)(H,27,28,29)/b12-11+. The van der Waals surface area contributed by atoms with E-state index >= 15 is 0 Å². The number of imidazole rings is 1. The highest BCUT2D eigenvalue weighted by Gasteiger charge is 2.07. The SMILES string of the molecule is C(=C\c1cncnc1Nc1ccc2[nH]c(Cc3ccccc3)nc2c1)/c1ccccc1. The third-order valence-electron chi connectivity index (χ3n) is 5.00. The summed E-state index contributed by atoms with van der Waals surface area (Å²) in [6.07, 6.45) is 8.20. The number of aromatic nitrogens is 4. The number of nitrogens with one attached hydrogen (secondary N) is 2.